The molecule has 0 atom stereocenters. The van der Waals surface area contributed by atoms with E-state index >= 15 is 0 Å². The van der Waals surface area contributed by atoms with E-state index in [-0.39, 0.29) is 17.0 Å². The van der Waals surface area contributed by atoms with Gasteiger partial charge in [0.05, 0.1) is 19.9 Å². The van der Waals surface area contributed by atoms with E-state index in [2.05, 4.69) is 9.72 Å². The number of aromatic nitrogens is 1. The van der Waals surface area contributed by atoms with Gasteiger partial charge < -0.3 is 14.6 Å². The van der Waals surface area contributed by atoms with Crippen LogP contribution in [0.25, 0.3) is 0 Å². The molecule has 1 aromatic rings. The normalized spacial score (nSPS) is 11.4. The number of hydrogen-bond donors (Lipinski definition) is 1. The molecule has 16 heavy (non-hydrogen) atoms. The molecule has 0 radical (unpaired) electrons. The van der Waals surface area contributed by atoms with E-state index in [1.165, 1.54) is 14.0 Å². The fourth-order valence-corrected chi connectivity index (χ4v) is 1.19. The van der Waals surface area contributed by atoms with Crippen LogP contribution in [0.3, 0.4) is 0 Å². The Labute approximate surface area is 89.6 Å². The van der Waals surface area contributed by atoms with Crippen molar-refractivity contribution < 1.29 is 27.8 Å². The van der Waals surface area contributed by atoms with Crippen molar-refractivity contribution in [2.75, 3.05) is 7.11 Å². The molecule has 0 fully saturated rings. The van der Waals surface area contributed by atoms with Crippen LogP contribution >= 0.6 is 0 Å². The molecule has 4 nitrogen and oxygen atoms in total. The Morgan fingerprint density at radius 2 is 2.06 bits per heavy atom. The molecule has 1 heterocycles. The second-order valence-corrected chi connectivity index (χ2v) is 2.94. The number of pyridine rings is 1. The van der Waals surface area contributed by atoms with Crippen molar-refractivity contribution in [3.8, 4) is 11.6 Å². The van der Waals surface area contributed by atoms with Gasteiger partial charge in [0.1, 0.15) is 0 Å². The van der Waals surface area contributed by atoms with Crippen LogP contribution in [0.4, 0.5) is 13.2 Å². The average molecular weight is 237 g/mol. The van der Waals surface area contributed by atoms with Gasteiger partial charge in [0, 0.05) is 11.1 Å². The predicted molar refractivity (Wildman–Crippen MR) is 48.1 cm³/mol. The highest BCUT2D eigenvalue weighted by Crippen LogP contribution is 2.31. The van der Waals surface area contributed by atoms with Gasteiger partial charge in [-0.1, -0.05) is 0 Å². The van der Waals surface area contributed by atoms with Crippen molar-refractivity contribution in [1.29, 1.82) is 0 Å². The van der Waals surface area contributed by atoms with E-state index in [1.54, 1.807) is 0 Å². The van der Waals surface area contributed by atoms with Crippen LogP contribution in [0.2, 0.25) is 0 Å². The number of halogens is 3. The number of nitrogens with zero attached hydrogens (tertiary/aromatic N) is 1. The van der Waals surface area contributed by atoms with Gasteiger partial charge in [0.15, 0.2) is 5.75 Å². The first-order chi connectivity index (χ1) is 7.39. The molecule has 7 heteroatoms. The summed E-state index contributed by atoms with van der Waals surface area (Å²) in [6.45, 7) is 0.911. The third kappa shape index (κ3) is 2.75. The van der Waals surface area contributed by atoms with Gasteiger partial charge in [-0.05, 0) is 6.92 Å². The highest BCUT2D eigenvalue weighted by atomic mass is 19.4. The minimum atomic E-state index is -4.78. The van der Waals surface area contributed by atoms with Crippen LogP contribution in [0, 0.1) is 6.92 Å². The lowest BCUT2D eigenvalue weighted by atomic mass is 10.1. The Morgan fingerprint density at radius 3 is 2.50 bits per heavy atom. The molecule has 0 saturated heterocycles. The molecule has 0 amide bonds. The maximum Gasteiger partial charge on any atom is 0.573 e. The third-order valence-corrected chi connectivity index (χ3v) is 1.96. The Kier molecular flexibility index (Phi) is 3.58. The summed E-state index contributed by atoms with van der Waals surface area (Å²) >= 11 is 0. The molecule has 0 saturated carbocycles. The molecule has 0 spiro atoms. The van der Waals surface area contributed by atoms with Crippen LogP contribution in [0.5, 0.6) is 11.6 Å². The van der Waals surface area contributed by atoms with E-state index in [1.807, 2.05) is 0 Å². The van der Waals surface area contributed by atoms with E-state index in [0.717, 1.165) is 6.20 Å². The molecular weight excluding hydrogens is 227 g/mol. The molecule has 0 aliphatic carbocycles. The summed E-state index contributed by atoms with van der Waals surface area (Å²) in [5, 5.41) is 9.00. The molecule has 0 aromatic carbocycles. The Hall–Kier alpha value is -1.50. The Morgan fingerprint density at radius 1 is 1.44 bits per heavy atom. The molecule has 0 unspecified atom stereocenters. The number of aliphatic hydroxyl groups excluding tert-OH is 1. The SMILES string of the molecule is COc1ncc(OC(F)(F)F)c(C)c1CO. The molecule has 1 rings (SSSR count). The number of ether oxygens (including phenoxy) is 2. The van der Waals surface area contributed by atoms with Crippen LogP contribution < -0.4 is 9.47 Å². The summed E-state index contributed by atoms with van der Waals surface area (Å²) in [6, 6.07) is 0. The Balaban J connectivity index is 3.14. The highest BCUT2D eigenvalue weighted by Gasteiger charge is 2.32. The van der Waals surface area contributed by atoms with E-state index < -0.39 is 18.7 Å². The second-order valence-electron chi connectivity index (χ2n) is 2.94. The van der Waals surface area contributed by atoms with Crippen LogP contribution in [0.15, 0.2) is 6.20 Å². The molecule has 0 bridgehead atoms. The van der Waals surface area contributed by atoms with Gasteiger partial charge in [-0.25, -0.2) is 4.98 Å². The largest absolute Gasteiger partial charge is 0.573 e. The van der Waals surface area contributed by atoms with E-state index in [0.29, 0.717) is 0 Å². The maximum absolute atomic E-state index is 12.0. The number of hydrogen-bond acceptors (Lipinski definition) is 4. The van der Waals surface area contributed by atoms with Crippen LogP contribution in [-0.2, 0) is 6.61 Å². The molecule has 0 aliphatic heterocycles. The number of aliphatic hydroxyl groups is 1. The first-order valence-electron chi connectivity index (χ1n) is 4.28. The minimum Gasteiger partial charge on any atom is -0.481 e. The van der Waals surface area contributed by atoms with Crippen molar-refractivity contribution in [1.82, 2.24) is 4.98 Å². The maximum atomic E-state index is 12.0. The van der Waals surface area contributed by atoms with Gasteiger partial charge in [-0.15, -0.1) is 13.2 Å². The average Bonchev–Trinajstić information content (AvgIpc) is 2.19. The van der Waals surface area contributed by atoms with E-state index in [9.17, 15) is 13.2 Å². The van der Waals surface area contributed by atoms with Crippen LogP contribution in [-0.4, -0.2) is 23.6 Å². The van der Waals surface area contributed by atoms with Gasteiger partial charge in [-0.2, -0.15) is 0 Å². The summed E-state index contributed by atoms with van der Waals surface area (Å²) in [4.78, 5) is 3.61. The number of methoxy groups -OCH3 is 1. The fraction of sp³-hybridized carbons (Fsp3) is 0.444. The standard InChI is InChI=1S/C9H10F3NO3/c1-5-6(4-14)8(15-2)13-3-7(5)16-9(10,11)12/h3,14H,4H2,1-2H3. The molecule has 1 N–H and O–H groups in total. The van der Waals surface area contributed by atoms with Crippen molar-refractivity contribution in [2.24, 2.45) is 0 Å². The van der Waals surface area contributed by atoms with Gasteiger partial charge in [-0.3, -0.25) is 0 Å². The summed E-state index contributed by atoms with van der Waals surface area (Å²) < 4.78 is 44.5. The number of alkyl halides is 3. The summed E-state index contributed by atoms with van der Waals surface area (Å²) in [7, 11) is 1.31. The molecule has 1 aromatic heterocycles. The zero-order valence-corrected chi connectivity index (χ0v) is 8.63. The first kappa shape index (κ1) is 12.6. The monoisotopic (exact) mass is 237 g/mol. The lowest BCUT2D eigenvalue weighted by Gasteiger charge is -2.14. The minimum absolute atomic E-state index is 0.0783. The van der Waals surface area contributed by atoms with E-state index in [4.69, 9.17) is 9.84 Å². The van der Waals surface area contributed by atoms with Crippen molar-refractivity contribution in [3.63, 3.8) is 0 Å². The summed E-state index contributed by atoms with van der Waals surface area (Å²) in [6.07, 6.45) is -3.88. The smallest absolute Gasteiger partial charge is 0.481 e. The third-order valence-electron chi connectivity index (χ3n) is 1.96. The van der Waals surface area contributed by atoms with Crippen LogP contribution in [0.1, 0.15) is 11.1 Å². The fourth-order valence-electron chi connectivity index (χ4n) is 1.19. The van der Waals surface area contributed by atoms with Crippen molar-refractivity contribution in [3.05, 3.63) is 17.3 Å². The van der Waals surface area contributed by atoms with Gasteiger partial charge >= 0.3 is 6.36 Å². The van der Waals surface area contributed by atoms with Crippen molar-refractivity contribution >= 4 is 0 Å². The van der Waals surface area contributed by atoms with Gasteiger partial charge in [0.25, 0.3) is 0 Å². The lowest BCUT2D eigenvalue weighted by Crippen LogP contribution is -2.18. The topological polar surface area (TPSA) is 51.6 Å². The number of rotatable bonds is 3. The molecule has 0 aliphatic rings. The highest BCUT2D eigenvalue weighted by molar-refractivity contribution is 5.42. The molecule has 90 valence electrons. The lowest BCUT2D eigenvalue weighted by molar-refractivity contribution is -0.275. The predicted octanol–water partition coefficient (Wildman–Crippen LogP) is 1.79. The molecular formula is C9H10F3NO3. The zero-order valence-electron chi connectivity index (χ0n) is 8.63. The summed E-state index contributed by atoms with van der Waals surface area (Å²) in [5.74, 6) is -0.369. The zero-order chi connectivity index (χ0) is 12.3. The second kappa shape index (κ2) is 4.56. The first-order valence-corrected chi connectivity index (χ1v) is 4.28. The summed E-state index contributed by atoms with van der Waals surface area (Å²) in [5.41, 5.74) is 0.316. The quantitative estimate of drug-likeness (QED) is 0.870. The van der Waals surface area contributed by atoms with Gasteiger partial charge in [0.2, 0.25) is 5.88 Å². The Bertz CT molecular complexity index is 379. The van der Waals surface area contributed by atoms with Crippen molar-refractivity contribution in [2.45, 2.75) is 19.9 Å².